The lowest BCUT2D eigenvalue weighted by atomic mass is 10.3. The standard InChI is InChI=1S/C15H23FN4O3S/c1-17(2)24(22,23)20(14-6-4-13(16)5-7-14)12-15(21)19-10-8-18(3)9-11-19/h4-7H,8-12H2,1-3H3. The molecule has 1 saturated heterocycles. The first-order chi connectivity index (χ1) is 11.2. The molecule has 2 rings (SSSR count). The molecule has 0 aromatic heterocycles. The molecular formula is C15H23FN4O3S. The normalized spacial score (nSPS) is 16.5. The lowest BCUT2D eigenvalue weighted by Crippen LogP contribution is -2.52. The van der Waals surface area contributed by atoms with E-state index >= 15 is 0 Å². The van der Waals surface area contributed by atoms with Crippen molar-refractivity contribution < 1.29 is 17.6 Å². The summed E-state index contributed by atoms with van der Waals surface area (Å²) in [5, 5.41) is 0. The van der Waals surface area contributed by atoms with E-state index in [1.807, 2.05) is 7.05 Å². The minimum atomic E-state index is -3.86. The largest absolute Gasteiger partial charge is 0.339 e. The third-order valence-corrected chi connectivity index (χ3v) is 5.81. The third-order valence-electron chi connectivity index (χ3n) is 3.99. The molecule has 0 bridgehead atoms. The molecule has 1 fully saturated rings. The smallest absolute Gasteiger partial charge is 0.304 e. The average molecular weight is 358 g/mol. The van der Waals surface area contributed by atoms with Crippen LogP contribution >= 0.6 is 0 Å². The van der Waals surface area contributed by atoms with E-state index in [0.29, 0.717) is 13.1 Å². The summed E-state index contributed by atoms with van der Waals surface area (Å²) in [6, 6.07) is 5.06. The van der Waals surface area contributed by atoms with Gasteiger partial charge in [0, 0.05) is 40.3 Å². The fourth-order valence-corrected chi connectivity index (χ4v) is 3.45. The number of benzene rings is 1. The second-order valence-electron chi connectivity index (χ2n) is 5.96. The number of likely N-dealkylation sites (N-methyl/N-ethyl adjacent to an activating group) is 1. The Bertz CT molecular complexity index is 670. The third kappa shape index (κ3) is 4.22. The van der Waals surface area contributed by atoms with Gasteiger partial charge in [-0.05, 0) is 31.3 Å². The predicted octanol–water partition coefficient (Wildman–Crippen LogP) is 0.213. The van der Waals surface area contributed by atoms with Crippen molar-refractivity contribution in [2.24, 2.45) is 0 Å². The number of carbonyl (C=O) groups is 1. The maximum atomic E-state index is 13.1. The maximum absolute atomic E-state index is 13.1. The molecule has 0 radical (unpaired) electrons. The molecule has 134 valence electrons. The van der Waals surface area contributed by atoms with Gasteiger partial charge in [-0.15, -0.1) is 0 Å². The molecule has 1 aliphatic rings. The van der Waals surface area contributed by atoms with Gasteiger partial charge in [0.15, 0.2) is 0 Å². The summed E-state index contributed by atoms with van der Waals surface area (Å²) >= 11 is 0. The summed E-state index contributed by atoms with van der Waals surface area (Å²) in [5.41, 5.74) is 0.257. The molecule has 0 saturated carbocycles. The van der Waals surface area contributed by atoms with Gasteiger partial charge >= 0.3 is 10.2 Å². The lowest BCUT2D eigenvalue weighted by molar-refractivity contribution is -0.131. The van der Waals surface area contributed by atoms with Gasteiger partial charge in [0.1, 0.15) is 12.4 Å². The zero-order valence-electron chi connectivity index (χ0n) is 14.1. The van der Waals surface area contributed by atoms with Crippen LogP contribution in [-0.4, -0.2) is 82.3 Å². The first-order valence-electron chi connectivity index (χ1n) is 7.64. The highest BCUT2D eigenvalue weighted by Gasteiger charge is 2.29. The van der Waals surface area contributed by atoms with E-state index in [9.17, 15) is 17.6 Å². The molecule has 1 heterocycles. The van der Waals surface area contributed by atoms with Crippen LogP contribution in [0.4, 0.5) is 10.1 Å². The highest BCUT2D eigenvalue weighted by molar-refractivity contribution is 7.90. The van der Waals surface area contributed by atoms with E-state index in [4.69, 9.17) is 0 Å². The average Bonchev–Trinajstić information content (AvgIpc) is 2.53. The van der Waals surface area contributed by atoms with Crippen LogP contribution < -0.4 is 4.31 Å². The highest BCUT2D eigenvalue weighted by Crippen LogP contribution is 2.20. The number of amides is 1. The molecule has 1 aromatic carbocycles. The summed E-state index contributed by atoms with van der Waals surface area (Å²) in [5.74, 6) is -0.732. The Balaban J connectivity index is 2.23. The van der Waals surface area contributed by atoms with Gasteiger partial charge in [0.2, 0.25) is 5.91 Å². The molecule has 1 aromatic rings. The van der Waals surface area contributed by atoms with Crippen LogP contribution in [0.1, 0.15) is 0 Å². The van der Waals surface area contributed by atoms with Crippen LogP contribution in [-0.2, 0) is 15.0 Å². The first-order valence-corrected chi connectivity index (χ1v) is 9.03. The molecular weight excluding hydrogens is 335 g/mol. The number of rotatable bonds is 5. The van der Waals surface area contributed by atoms with E-state index < -0.39 is 16.0 Å². The highest BCUT2D eigenvalue weighted by atomic mass is 32.2. The zero-order valence-corrected chi connectivity index (χ0v) is 15.0. The van der Waals surface area contributed by atoms with Gasteiger partial charge in [-0.25, -0.2) is 8.70 Å². The fourth-order valence-electron chi connectivity index (χ4n) is 2.39. The van der Waals surface area contributed by atoms with Crippen molar-refractivity contribution in [1.29, 1.82) is 0 Å². The minimum absolute atomic E-state index is 0.257. The fraction of sp³-hybridized carbons (Fsp3) is 0.533. The van der Waals surface area contributed by atoms with Crippen molar-refractivity contribution in [3.05, 3.63) is 30.1 Å². The van der Waals surface area contributed by atoms with Crippen LogP contribution in [0, 0.1) is 5.82 Å². The molecule has 1 aliphatic heterocycles. The summed E-state index contributed by atoms with van der Waals surface area (Å²) in [6.07, 6.45) is 0. The van der Waals surface area contributed by atoms with Crippen LogP contribution in [0.5, 0.6) is 0 Å². The number of carbonyl (C=O) groups excluding carboxylic acids is 1. The van der Waals surface area contributed by atoms with Gasteiger partial charge in [-0.3, -0.25) is 4.79 Å². The van der Waals surface area contributed by atoms with Crippen molar-refractivity contribution in [2.45, 2.75) is 0 Å². The molecule has 0 aliphatic carbocycles. The molecule has 7 nitrogen and oxygen atoms in total. The molecule has 0 spiro atoms. The van der Waals surface area contributed by atoms with E-state index in [-0.39, 0.29) is 18.1 Å². The maximum Gasteiger partial charge on any atom is 0.304 e. The Kier molecular flexibility index (Phi) is 5.79. The molecule has 0 unspecified atom stereocenters. The number of hydrogen-bond acceptors (Lipinski definition) is 4. The number of halogens is 1. The predicted molar refractivity (Wildman–Crippen MR) is 90.4 cm³/mol. The van der Waals surface area contributed by atoms with Crippen molar-refractivity contribution in [1.82, 2.24) is 14.1 Å². The van der Waals surface area contributed by atoms with E-state index in [1.165, 1.54) is 38.4 Å². The second-order valence-corrected chi connectivity index (χ2v) is 8.02. The van der Waals surface area contributed by atoms with Gasteiger partial charge in [-0.1, -0.05) is 0 Å². The van der Waals surface area contributed by atoms with Gasteiger partial charge in [0.25, 0.3) is 0 Å². The van der Waals surface area contributed by atoms with Gasteiger partial charge in [0.05, 0.1) is 5.69 Å². The molecule has 24 heavy (non-hydrogen) atoms. The Hall–Kier alpha value is -1.71. The van der Waals surface area contributed by atoms with E-state index in [1.54, 1.807) is 4.90 Å². The summed E-state index contributed by atoms with van der Waals surface area (Å²) in [6.45, 7) is 2.32. The zero-order chi connectivity index (χ0) is 17.9. The van der Waals surface area contributed by atoms with Crippen molar-refractivity contribution in [3.63, 3.8) is 0 Å². The van der Waals surface area contributed by atoms with E-state index in [2.05, 4.69) is 4.90 Å². The van der Waals surface area contributed by atoms with Crippen molar-refractivity contribution in [2.75, 3.05) is 58.2 Å². The number of anilines is 1. The number of piperazine rings is 1. The SMILES string of the molecule is CN1CCN(C(=O)CN(c2ccc(F)cc2)S(=O)(=O)N(C)C)CC1. The van der Waals surface area contributed by atoms with Crippen LogP contribution in [0.3, 0.4) is 0 Å². The van der Waals surface area contributed by atoms with Crippen LogP contribution in [0.2, 0.25) is 0 Å². The second kappa shape index (κ2) is 7.45. The Labute approximate surface area is 142 Å². The van der Waals surface area contributed by atoms with Gasteiger partial charge in [-0.2, -0.15) is 12.7 Å². The summed E-state index contributed by atoms with van der Waals surface area (Å²) < 4.78 is 40.3. The number of hydrogen-bond donors (Lipinski definition) is 0. The van der Waals surface area contributed by atoms with Crippen molar-refractivity contribution >= 4 is 21.8 Å². The van der Waals surface area contributed by atoms with Crippen LogP contribution in [0.15, 0.2) is 24.3 Å². The van der Waals surface area contributed by atoms with E-state index in [0.717, 1.165) is 21.7 Å². The Morgan fingerprint density at radius 2 is 1.67 bits per heavy atom. The minimum Gasteiger partial charge on any atom is -0.339 e. The Morgan fingerprint density at radius 3 is 2.17 bits per heavy atom. The quantitative estimate of drug-likeness (QED) is 0.755. The molecule has 0 N–H and O–H groups in total. The molecule has 9 heteroatoms. The summed E-state index contributed by atoms with van der Waals surface area (Å²) in [7, 11) is 0.902. The monoisotopic (exact) mass is 358 g/mol. The van der Waals surface area contributed by atoms with Crippen LogP contribution in [0.25, 0.3) is 0 Å². The number of nitrogens with zero attached hydrogens (tertiary/aromatic N) is 4. The Morgan fingerprint density at radius 1 is 1.12 bits per heavy atom. The first kappa shape index (κ1) is 18.6. The summed E-state index contributed by atoms with van der Waals surface area (Å²) in [4.78, 5) is 16.3. The van der Waals surface area contributed by atoms with Crippen molar-refractivity contribution in [3.8, 4) is 0 Å². The van der Waals surface area contributed by atoms with Gasteiger partial charge < -0.3 is 9.80 Å². The molecule has 0 atom stereocenters. The topological polar surface area (TPSA) is 64.2 Å². The lowest BCUT2D eigenvalue weighted by Gasteiger charge is -2.34. The molecule has 1 amide bonds.